The Morgan fingerprint density at radius 1 is 0.962 bits per heavy atom. The van der Waals surface area contributed by atoms with Crippen LogP contribution in [0.4, 0.5) is 10.5 Å². The molecule has 8 rings (SSSR count). The topological polar surface area (TPSA) is 212 Å². The maximum Gasteiger partial charge on any atom is 0.410 e. The van der Waals surface area contributed by atoms with Gasteiger partial charge in [0.2, 0.25) is 11.8 Å². The van der Waals surface area contributed by atoms with Crippen LogP contribution >= 0.6 is 0 Å². The number of fused-ring (bicyclic) bond motifs is 6. The summed E-state index contributed by atoms with van der Waals surface area (Å²) in [5.41, 5.74) is 9.63. The van der Waals surface area contributed by atoms with Gasteiger partial charge in [-0.3, -0.25) is 39.0 Å². The molecule has 3 aliphatic heterocycles. The molecule has 430 valence electrons. The van der Waals surface area contributed by atoms with E-state index >= 15 is 0 Å². The van der Waals surface area contributed by atoms with Gasteiger partial charge < -0.3 is 44.1 Å². The van der Waals surface area contributed by atoms with Crippen molar-refractivity contribution in [3.8, 4) is 28.1 Å². The van der Waals surface area contributed by atoms with Crippen molar-refractivity contribution in [2.24, 2.45) is 11.3 Å². The molecule has 4 amide bonds. The van der Waals surface area contributed by atoms with Gasteiger partial charge in [0, 0.05) is 108 Å². The van der Waals surface area contributed by atoms with Crippen LogP contribution < -0.4 is 15.6 Å². The maximum absolute atomic E-state index is 14.9. The highest BCUT2D eigenvalue weighted by Gasteiger charge is 2.41. The minimum atomic E-state index is -1.25. The average molecular weight is 1090 g/mol. The second-order valence-corrected chi connectivity index (χ2v) is 24.2. The van der Waals surface area contributed by atoms with Gasteiger partial charge in [-0.05, 0) is 125 Å². The summed E-state index contributed by atoms with van der Waals surface area (Å²) < 4.78 is 20.1. The molecule has 19 heteroatoms. The molecule has 0 radical (unpaired) electrons. The van der Waals surface area contributed by atoms with Gasteiger partial charge in [-0.1, -0.05) is 39.8 Å². The third-order valence-corrected chi connectivity index (χ3v) is 16.0. The van der Waals surface area contributed by atoms with Crippen LogP contribution in [0.15, 0.2) is 48.7 Å². The Hall–Kier alpha value is -6.28. The Labute approximate surface area is 465 Å². The molecule has 5 heterocycles. The Morgan fingerprint density at radius 3 is 2.33 bits per heavy atom. The van der Waals surface area contributed by atoms with E-state index in [1.165, 1.54) is 36.8 Å². The number of benzene rings is 2. The summed E-state index contributed by atoms with van der Waals surface area (Å²) in [6, 6.07) is 10.0. The average Bonchev–Trinajstić information content (AvgIpc) is 4.35. The Balaban J connectivity index is 1.20. The second kappa shape index (κ2) is 24.2. The lowest BCUT2D eigenvalue weighted by molar-refractivity contribution is -0.155. The number of hydrazine groups is 1. The number of aromatic nitrogens is 2. The lowest BCUT2D eigenvalue weighted by atomic mass is 9.84. The van der Waals surface area contributed by atoms with E-state index in [1.54, 1.807) is 53.9 Å². The zero-order valence-electron chi connectivity index (χ0n) is 48.6. The molecule has 1 aliphatic carbocycles. The standard InChI is InChI=1S/C60H85N9O10/c1-13-68-49-19-16-39-31-44(49)46(53(68)45-32-42(34-61-51(45)37(4)77-12)67-24-22-66(23-25-67)41-17-18-41)33-60(8,9)35-78-57(75)47-15-14-21-69(63-47)55(73)48(29-38-27-40(39)30-43(71)28-38)62-54(72)52(36(2)3)65(11)56(74)50(20-26-70)64(10)58(76)79-59(5,6)7/h16,19,27-28,30-32,34,36-37,41,47-48,50,52,63,70-71H,13-15,17-18,20-26,29,33,35H2,1-12H3,(H,62,72)/t37-,47-,48-,50-,52-/m0/s1. The number of carbonyl (C=O) groups is 5. The zero-order chi connectivity index (χ0) is 57.2. The van der Waals surface area contributed by atoms with Gasteiger partial charge in [0.25, 0.3) is 5.91 Å². The number of hydrogen-bond donors (Lipinski definition) is 4. The largest absolute Gasteiger partial charge is 0.508 e. The number of amides is 4. The number of phenols is 1. The van der Waals surface area contributed by atoms with E-state index in [2.05, 4.69) is 64.1 Å². The number of carbonyl (C=O) groups excluding carboxylic acids is 5. The van der Waals surface area contributed by atoms with E-state index in [-0.39, 0.29) is 37.8 Å². The maximum atomic E-state index is 14.9. The lowest BCUT2D eigenvalue weighted by Crippen LogP contribution is -2.62. The van der Waals surface area contributed by atoms with Crippen molar-refractivity contribution in [2.45, 2.75) is 156 Å². The number of aliphatic hydroxyl groups excluding tert-OH is 1. The van der Waals surface area contributed by atoms with E-state index in [9.17, 15) is 34.2 Å². The SMILES string of the molecule is CCn1c(-c2cc(N3CCN(C4CC4)CC3)cnc2[C@H](C)OC)c2c3cc(ccc31)-c1cc(O)cc(c1)C[C@H](NC(=O)[C@H](C(C)C)N(C)C(=O)[C@H](CCO)N(C)C(=O)OC(C)(C)C)C(=O)N1CCC[C@H](N1)C(=O)OCC(C)(C)C2. The molecule has 2 aromatic carbocycles. The van der Waals surface area contributed by atoms with Crippen LogP contribution in [0.3, 0.4) is 0 Å². The van der Waals surface area contributed by atoms with Crippen LogP contribution in [-0.2, 0) is 52.8 Å². The molecule has 19 nitrogen and oxygen atoms in total. The van der Waals surface area contributed by atoms with Crippen LogP contribution in [0.25, 0.3) is 33.3 Å². The molecule has 2 aromatic heterocycles. The number of esters is 1. The number of phenolic OH excluding ortho intramolecular Hbond substituents is 1. The molecular formula is C60H85N9O10. The number of pyridine rings is 1. The molecule has 4 aliphatic rings. The van der Waals surface area contributed by atoms with Crippen molar-refractivity contribution < 1.29 is 48.4 Å². The van der Waals surface area contributed by atoms with E-state index in [0.29, 0.717) is 43.0 Å². The number of aryl methyl sites for hydroxylation is 1. The van der Waals surface area contributed by atoms with Gasteiger partial charge in [-0.25, -0.2) is 10.2 Å². The van der Waals surface area contributed by atoms with E-state index in [0.717, 1.165) is 75.7 Å². The first-order valence-corrected chi connectivity index (χ1v) is 28.3. The highest BCUT2D eigenvalue weighted by molar-refractivity contribution is 5.97. The first-order chi connectivity index (χ1) is 37.4. The molecule has 79 heavy (non-hydrogen) atoms. The zero-order valence-corrected chi connectivity index (χ0v) is 48.6. The molecule has 4 aromatic rings. The number of anilines is 1. The minimum absolute atomic E-state index is 0.0416. The Bertz CT molecular complexity index is 2880. The number of aromatic hydroxyl groups is 1. The predicted molar refractivity (Wildman–Crippen MR) is 303 cm³/mol. The first-order valence-electron chi connectivity index (χ1n) is 28.3. The molecule has 0 spiro atoms. The molecule has 4 N–H and O–H groups in total. The molecule has 5 atom stereocenters. The summed E-state index contributed by atoms with van der Waals surface area (Å²) in [6.45, 7) is 21.3. The van der Waals surface area contributed by atoms with Gasteiger partial charge in [0.05, 0.1) is 36.0 Å². The number of nitrogens with one attached hydrogen (secondary N) is 2. The first kappa shape index (κ1) is 58.9. The number of nitrogens with zero attached hydrogens (tertiary/aromatic N) is 7. The minimum Gasteiger partial charge on any atom is -0.508 e. The van der Waals surface area contributed by atoms with Crippen molar-refractivity contribution in [3.05, 3.63) is 65.5 Å². The summed E-state index contributed by atoms with van der Waals surface area (Å²) in [5, 5.41) is 26.9. The third kappa shape index (κ3) is 13.3. The second-order valence-electron chi connectivity index (χ2n) is 24.2. The fourth-order valence-corrected chi connectivity index (χ4v) is 11.7. The van der Waals surface area contributed by atoms with Crippen molar-refractivity contribution in [1.82, 2.24) is 40.0 Å². The van der Waals surface area contributed by atoms with Gasteiger partial charge in [0.1, 0.15) is 35.5 Å². The van der Waals surface area contributed by atoms with E-state index in [4.69, 9.17) is 19.2 Å². The number of hydrogen-bond acceptors (Lipinski definition) is 14. The van der Waals surface area contributed by atoms with Crippen molar-refractivity contribution in [1.29, 1.82) is 0 Å². The van der Waals surface area contributed by atoms with Crippen LogP contribution in [0.5, 0.6) is 5.75 Å². The van der Waals surface area contributed by atoms with Crippen LogP contribution in [-0.4, -0.2) is 172 Å². The highest BCUT2D eigenvalue weighted by Crippen LogP contribution is 2.44. The van der Waals surface area contributed by atoms with Crippen LogP contribution in [0.2, 0.25) is 0 Å². The number of piperazine rings is 1. The molecular weight excluding hydrogens is 1010 g/mol. The Kier molecular flexibility index (Phi) is 18.0. The highest BCUT2D eigenvalue weighted by atomic mass is 16.6. The predicted octanol–water partition coefficient (Wildman–Crippen LogP) is 6.84. The van der Waals surface area contributed by atoms with Crippen LogP contribution in [0.1, 0.15) is 117 Å². The number of aliphatic hydroxyl groups is 1. The Morgan fingerprint density at radius 2 is 1.68 bits per heavy atom. The fourth-order valence-electron chi connectivity index (χ4n) is 11.7. The fraction of sp³-hybridized carbons (Fsp3) is 0.600. The number of rotatable bonds is 14. The quantitative estimate of drug-likeness (QED) is 0.0954. The van der Waals surface area contributed by atoms with Gasteiger partial charge in [0.15, 0.2) is 0 Å². The summed E-state index contributed by atoms with van der Waals surface area (Å²) in [6.07, 6.45) is 4.63. The lowest BCUT2D eigenvalue weighted by Gasteiger charge is -2.38. The summed E-state index contributed by atoms with van der Waals surface area (Å²) in [5.74, 6) is -2.82. The summed E-state index contributed by atoms with van der Waals surface area (Å²) in [4.78, 5) is 84.1. The summed E-state index contributed by atoms with van der Waals surface area (Å²) >= 11 is 0. The third-order valence-electron chi connectivity index (χ3n) is 16.0. The molecule has 0 unspecified atom stereocenters. The smallest absolute Gasteiger partial charge is 0.410 e. The molecule has 1 saturated carbocycles. The summed E-state index contributed by atoms with van der Waals surface area (Å²) in [7, 11) is 4.57. The van der Waals surface area contributed by atoms with Crippen molar-refractivity contribution in [3.63, 3.8) is 0 Å². The van der Waals surface area contributed by atoms with Gasteiger partial charge >= 0.3 is 12.1 Å². The monoisotopic (exact) mass is 1090 g/mol. The number of likely N-dealkylation sites (N-methyl/N-ethyl adjacent to an activating group) is 2. The molecule has 3 fully saturated rings. The normalized spacial score (nSPS) is 20.5. The molecule has 2 saturated heterocycles. The molecule has 6 bridgehead atoms. The van der Waals surface area contributed by atoms with Crippen LogP contribution in [0, 0.1) is 11.3 Å². The number of ether oxygens (including phenoxy) is 3. The number of methoxy groups -OCH3 is 1. The van der Waals surface area contributed by atoms with Crippen molar-refractivity contribution in [2.75, 3.05) is 72.0 Å². The van der Waals surface area contributed by atoms with E-state index in [1.807, 2.05) is 25.3 Å². The number of cyclic esters (lactones) is 1. The van der Waals surface area contributed by atoms with E-state index < -0.39 is 77.5 Å². The van der Waals surface area contributed by atoms with Gasteiger partial charge in [-0.2, -0.15) is 0 Å². The van der Waals surface area contributed by atoms with Gasteiger partial charge in [-0.15, -0.1) is 0 Å². The van der Waals surface area contributed by atoms with Crippen molar-refractivity contribution >= 4 is 46.4 Å².